The zero-order valence-electron chi connectivity index (χ0n) is 20.6. The number of para-hydroxylation sites is 3. The number of amides is 3. The molecule has 3 aromatic carbocycles. The van der Waals surface area contributed by atoms with Crippen LogP contribution in [-0.2, 0) is 19.9 Å². The predicted octanol–water partition coefficient (Wildman–Crippen LogP) is 3.75. The maximum atomic E-state index is 14.3. The first-order valence-electron chi connectivity index (χ1n) is 12.4. The Hall–Kier alpha value is -4.23. The molecular weight excluding hydrogens is 466 g/mol. The number of fused-ring (bicyclic) bond motifs is 4. The summed E-state index contributed by atoms with van der Waals surface area (Å²) in [5.41, 5.74) is 1.61. The number of hydrogen-bond donors (Lipinski definition) is 1. The minimum atomic E-state index is -1.31. The van der Waals surface area contributed by atoms with E-state index in [2.05, 4.69) is 5.32 Å². The first-order chi connectivity index (χ1) is 18.0. The fourth-order valence-electron chi connectivity index (χ4n) is 6.20. The van der Waals surface area contributed by atoms with Gasteiger partial charge in [0.2, 0.25) is 11.8 Å². The monoisotopic (exact) mass is 493 g/mol. The van der Waals surface area contributed by atoms with Crippen molar-refractivity contribution in [2.45, 2.75) is 18.5 Å². The van der Waals surface area contributed by atoms with Crippen molar-refractivity contribution in [1.82, 2.24) is 5.32 Å². The number of hydrogen-bond acceptors (Lipinski definition) is 5. The van der Waals surface area contributed by atoms with Gasteiger partial charge < -0.3 is 9.64 Å². The SMILES string of the molecule is COc1ccccc1N1C(=O)[C@H]2[C@H](C)N[C@]3(C(=O)N(C/C=C\c4ccccc4)c4ccccc43)[C@@H]2C1=O. The second-order valence-corrected chi connectivity index (χ2v) is 9.67. The molecule has 186 valence electrons. The highest BCUT2D eigenvalue weighted by Crippen LogP contribution is 2.55. The zero-order valence-corrected chi connectivity index (χ0v) is 20.6. The van der Waals surface area contributed by atoms with E-state index in [4.69, 9.17) is 4.74 Å². The lowest BCUT2D eigenvalue weighted by molar-refractivity contribution is -0.132. The van der Waals surface area contributed by atoms with Crippen LogP contribution in [0.5, 0.6) is 5.75 Å². The Kier molecular flexibility index (Phi) is 5.46. The van der Waals surface area contributed by atoms with Crippen LogP contribution in [0.4, 0.5) is 11.4 Å². The van der Waals surface area contributed by atoms with Gasteiger partial charge >= 0.3 is 0 Å². The fourth-order valence-corrected chi connectivity index (χ4v) is 6.20. The van der Waals surface area contributed by atoms with Crippen molar-refractivity contribution in [3.05, 3.63) is 96.1 Å². The molecule has 2 fully saturated rings. The topological polar surface area (TPSA) is 79.0 Å². The third-order valence-corrected chi connectivity index (χ3v) is 7.74. The van der Waals surface area contributed by atoms with Gasteiger partial charge in [-0.25, -0.2) is 4.90 Å². The Balaban J connectivity index is 1.41. The van der Waals surface area contributed by atoms with Crippen molar-refractivity contribution in [1.29, 1.82) is 0 Å². The molecule has 3 aliphatic rings. The van der Waals surface area contributed by atoms with Gasteiger partial charge in [0, 0.05) is 23.8 Å². The molecule has 3 aliphatic heterocycles. The highest BCUT2D eigenvalue weighted by atomic mass is 16.5. The van der Waals surface area contributed by atoms with Crippen LogP contribution in [0.15, 0.2) is 84.9 Å². The molecule has 7 heteroatoms. The molecule has 0 radical (unpaired) electrons. The van der Waals surface area contributed by atoms with Gasteiger partial charge in [-0.15, -0.1) is 0 Å². The molecule has 0 bridgehead atoms. The predicted molar refractivity (Wildman–Crippen MR) is 141 cm³/mol. The van der Waals surface area contributed by atoms with Crippen LogP contribution in [-0.4, -0.2) is 37.4 Å². The number of methoxy groups -OCH3 is 1. The maximum Gasteiger partial charge on any atom is 0.253 e. The van der Waals surface area contributed by atoms with E-state index < -0.39 is 17.4 Å². The van der Waals surface area contributed by atoms with Gasteiger partial charge in [0.15, 0.2) is 0 Å². The van der Waals surface area contributed by atoms with Crippen molar-refractivity contribution < 1.29 is 19.1 Å². The average Bonchev–Trinajstić information content (AvgIpc) is 3.47. The van der Waals surface area contributed by atoms with Crippen LogP contribution in [0.2, 0.25) is 0 Å². The molecule has 7 nitrogen and oxygen atoms in total. The van der Waals surface area contributed by atoms with Gasteiger partial charge in [0.05, 0.1) is 24.6 Å². The summed E-state index contributed by atoms with van der Waals surface area (Å²) in [6.45, 7) is 2.22. The van der Waals surface area contributed by atoms with E-state index in [9.17, 15) is 14.4 Å². The first-order valence-corrected chi connectivity index (χ1v) is 12.4. The molecule has 0 aliphatic carbocycles. The van der Waals surface area contributed by atoms with Crippen LogP contribution in [0.3, 0.4) is 0 Å². The van der Waals surface area contributed by atoms with Crippen molar-refractivity contribution >= 4 is 35.2 Å². The van der Waals surface area contributed by atoms with Crippen molar-refractivity contribution in [2.75, 3.05) is 23.5 Å². The average molecular weight is 494 g/mol. The second-order valence-electron chi connectivity index (χ2n) is 9.67. The summed E-state index contributed by atoms with van der Waals surface area (Å²) < 4.78 is 5.45. The number of carbonyl (C=O) groups excluding carboxylic acids is 3. The van der Waals surface area contributed by atoms with E-state index in [-0.39, 0.29) is 23.8 Å². The summed E-state index contributed by atoms with van der Waals surface area (Å²) in [6.07, 6.45) is 3.92. The van der Waals surface area contributed by atoms with Gasteiger partial charge in [-0.1, -0.05) is 72.8 Å². The lowest BCUT2D eigenvalue weighted by Gasteiger charge is -2.30. The van der Waals surface area contributed by atoms with Crippen LogP contribution < -0.4 is 19.9 Å². The summed E-state index contributed by atoms with van der Waals surface area (Å²) >= 11 is 0. The Morgan fingerprint density at radius 1 is 0.892 bits per heavy atom. The van der Waals surface area contributed by atoms with Gasteiger partial charge in [-0.3, -0.25) is 19.7 Å². The number of anilines is 2. The number of benzene rings is 3. The molecule has 3 aromatic rings. The molecular formula is C30H27N3O4. The van der Waals surface area contributed by atoms with Gasteiger partial charge in [-0.2, -0.15) is 0 Å². The van der Waals surface area contributed by atoms with E-state index in [1.807, 2.05) is 73.7 Å². The summed E-state index contributed by atoms with van der Waals surface area (Å²) in [7, 11) is 1.51. The number of imide groups is 1. The van der Waals surface area contributed by atoms with E-state index >= 15 is 0 Å². The van der Waals surface area contributed by atoms with Crippen LogP contribution in [0.25, 0.3) is 6.08 Å². The van der Waals surface area contributed by atoms with Crippen LogP contribution >= 0.6 is 0 Å². The lowest BCUT2D eigenvalue weighted by Crippen LogP contribution is -2.55. The molecule has 3 heterocycles. The Labute approximate surface area is 215 Å². The quantitative estimate of drug-likeness (QED) is 0.548. The van der Waals surface area contributed by atoms with Gasteiger partial charge in [0.25, 0.3) is 5.91 Å². The standard InChI is InChI=1S/C30H27N3O4/c1-19-25-26(28(35)33(27(25)34)23-16-8-9-17-24(23)37-2)30(31-19)21-14-6-7-15-22(21)32(29(30)36)18-10-13-20-11-4-3-5-12-20/h3-17,19,25-26,31H,18H2,1-2H3/b13-10-/t19-,25-,26-,30-/m0/s1. The number of rotatable bonds is 5. The lowest BCUT2D eigenvalue weighted by atomic mass is 9.76. The molecule has 1 spiro atoms. The van der Waals surface area contributed by atoms with Crippen molar-refractivity contribution in [3.63, 3.8) is 0 Å². The summed E-state index contributed by atoms with van der Waals surface area (Å²) in [4.78, 5) is 45.0. The van der Waals surface area contributed by atoms with Crippen molar-refractivity contribution in [2.24, 2.45) is 11.8 Å². The van der Waals surface area contributed by atoms with E-state index in [0.29, 0.717) is 18.0 Å². The number of ether oxygens (including phenoxy) is 1. The molecule has 1 N–H and O–H groups in total. The number of nitrogens with one attached hydrogen (secondary N) is 1. The Morgan fingerprint density at radius 2 is 1.57 bits per heavy atom. The fraction of sp³-hybridized carbons (Fsp3) is 0.233. The van der Waals surface area contributed by atoms with Gasteiger partial charge in [0.1, 0.15) is 11.3 Å². The molecule has 0 aromatic heterocycles. The molecule has 4 atom stereocenters. The maximum absolute atomic E-state index is 14.3. The van der Waals surface area contributed by atoms with E-state index in [1.54, 1.807) is 29.2 Å². The molecule has 0 unspecified atom stereocenters. The summed E-state index contributed by atoms with van der Waals surface area (Å²) in [5, 5.41) is 3.42. The van der Waals surface area contributed by atoms with Crippen LogP contribution in [0.1, 0.15) is 18.1 Å². The largest absolute Gasteiger partial charge is 0.495 e. The third kappa shape index (κ3) is 3.27. The minimum Gasteiger partial charge on any atom is -0.495 e. The smallest absolute Gasteiger partial charge is 0.253 e. The Morgan fingerprint density at radius 3 is 2.32 bits per heavy atom. The molecule has 0 saturated carbocycles. The normalized spacial score (nSPS) is 26.4. The van der Waals surface area contributed by atoms with Crippen LogP contribution in [0, 0.1) is 11.8 Å². The highest BCUT2D eigenvalue weighted by molar-refractivity contribution is 6.26. The van der Waals surface area contributed by atoms with Crippen molar-refractivity contribution in [3.8, 4) is 5.75 Å². The summed E-state index contributed by atoms with van der Waals surface area (Å²) in [5.74, 6) is -2.02. The zero-order chi connectivity index (χ0) is 25.7. The van der Waals surface area contributed by atoms with E-state index in [1.165, 1.54) is 12.0 Å². The number of carbonyl (C=O) groups is 3. The number of nitrogens with zero attached hydrogens (tertiary/aromatic N) is 2. The molecule has 2 saturated heterocycles. The van der Waals surface area contributed by atoms with E-state index in [0.717, 1.165) is 16.8 Å². The Bertz CT molecular complexity index is 1440. The first kappa shape index (κ1) is 23.2. The van der Waals surface area contributed by atoms with Gasteiger partial charge in [-0.05, 0) is 30.7 Å². The molecule has 3 amide bonds. The minimum absolute atomic E-state index is 0.214. The highest BCUT2D eigenvalue weighted by Gasteiger charge is 2.71. The molecule has 37 heavy (non-hydrogen) atoms. The summed E-state index contributed by atoms with van der Waals surface area (Å²) in [6, 6.07) is 24.0. The third-order valence-electron chi connectivity index (χ3n) is 7.74. The molecule has 6 rings (SSSR count). The second kappa shape index (κ2) is 8.71.